The Balaban J connectivity index is 0.000000254. The molecule has 3 N–H and O–H groups in total. The summed E-state index contributed by atoms with van der Waals surface area (Å²) >= 11 is 3.07. The van der Waals surface area contributed by atoms with E-state index in [1.807, 2.05) is 47.1 Å². The molecular weight excluding hydrogens is 589 g/mol. The minimum Gasteiger partial charge on any atom is -0.444 e. The third kappa shape index (κ3) is 17.9. The van der Waals surface area contributed by atoms with Crippen molar-refractivity contribution in [1.82, 2.24) is 30.8 Å². The Morgan fingerprint density at radius 2 is 1.40 bits per heavy atom. The summed E-state index contributed by atoms with van der Waals surface area (Å²) in [5.41, 5.74) is 4.35. The molecule has 11 nitrogen and oxygen atoms in total. The predicted molar refractivity (Wildman–Crippen MR) is 172 cm³/mol. The van der Waals surface area contributed by atoms with Crippen molar-refractivity contribution in [2.45, 2.75) is 85.0 Å². The topological polar surface area (TPSA) is 135 Å². The zero-order chi connectivity index (χ0) is 31.7. The summed E-state index contributed by atoms with van der Waals surface area (Å²) in [5, 5.41) is 12.8. The van der Waals surface area contributed by atoms with Crippen LogP contribution in [0.4, 0.5) is 9.59 Å². The van der Waals surface area contributed by atoms with E-state index in [0.29, 0.717) is 24.1 Å². The van der Waals surface area contributed by atoms with Gasteiger partial charge in [0, 0.05) is 30.4 Å². The van der Waals surface area contributed by atoms with Crippen LogP contribution < -0.4 is 16.0 Å². The number of rotatable bonds is 7. The summed E-state index contributed by atoms with van der Waals surface area (Å²) in [5.74, 6) is 1.14. The number of alkyl carbamates (subject to hydrolysis) is 2. The van der Waals surface area contributed by atoms with Gasteiger partial charge in [-0.05, 0) is 105 Å². The molecule has 0 spiro atoms. The third-order valence-electron chi connectivity index (χ3n) is 6.48. The van der Waals surface area contributed by atoms with E-state index in [1.165, 1.54) is 11.3 Å². The molecule has 242 valence electrons. The van der Waals surface area contributed by atoms with Crippen LogP contribution in [0.1, 0.15) is 83.4 Å². The Morgan fingerprint density at radius 1 is 0.884 bits per heavy atom. The normalized spacial score (nSPS) is 16.5. The molecule has 0 aromatic carbocycles. The fourth-order valence-corrected chi connectivity index (χ4v) is 5.39. The van der Waals surface area contributed by atoms with Gasteiger partial charge in [-0.25, -0.2) is 19.6 Å². The van der Waals surface area contributed by atoms with Gasteiger partial charge in [-0.15, -0.1) is 22.7 Å². The van der Waals surface area contributed by atoms with Crippen molar-refractivity contribution in [1.29, 1.82) is 0 Å². The lowest BCUT2D eigenvalue weighted by molar-refractivity contribution is 0.0501. The molecule has 0 saturated carbocycles. The first kappa shape index (κ1) is 36.6. The summed E-state index contributed by atoms with van der Waals surface area (Å²) in [7, 11) is 0. The number of thiazole rings is 2. The van der Waals surface area contributed by atoms with Crippen molar-refractivity contribution >= 4 is 41.1 Å². The lowest BCUT2D eigenvalue weighted by Crippen LogP contribution is -2.40. The van der Waals surface area contributed by atoms with Crippen molar-refractivity contribution in [3.8, 4) is 0 Å². The average Bonchev–Trinajstić information content (AvgIpc) is 3.66. The zero-order valence-electron chi connectivity index (χ0n) is 26.5. The number of aldehydes is 1. The second-order valence-corrected chi connectivity index (χ2v) is 14.1. The smallest absolute Gasteiger partial charge is 0.407 e. The van der Waals surface area contributed by atoms with Crippen LogP contribution >= 0.6 is 22.7 Å². The third-order valence-corrected chi connectivity index (χ3v) is 7.72. The van der Waals surface area contributed by atoms with E-state index in [2.05, 4.69) is 36.2 Å². The first-order valence-corrected chi connectivity index (χ1v) is 16.8. The fourth-order valence-electron chi connectivity index (χ4n) is 4.34. The van der Waals surface area contributed by atoms with Crippen molar-refractivity contribution in [2.75, 3.05) is 39.3 Å². The molecule has 2 amide bonds. The maximum Gasteiger partial charge on any atom is 0.407 e. The number of carbonyl (C=O) groups excluding carboxylic acids is 3. The van der Waals surface area contributed by atoms with Gasteiger partial charge in [-0.2, -0.15) is 0 Å². The number of ether oxygens (including phenoxy) is 2. The van der Waals surface area contributed by atoms with Crippen molar-refractivity contribution < 1.29 is 23.9 Å². The Hall–Kier alpha value is -2.61. The molecule has 0 aliphatic carbocycles. The average molecular weight is 639 g/mol. The van der Waals surface area contributed by atoms with E-state index >= 15 is 0 Å². The summed E-state index contributed by atoms with van der Waals surface area (Å²) in [6, 6.07) is 0. The molecule has 4 rings (SSSR count). The van der Waals surface area contributed by atoms with E-state index < -0.39 is 11.2 Å². The van der Waals surface area contributed by atoms with Crippen LogP contribution in [0.3, 0.4) is 0 Å². The van der Waals surface area contributed by atoms with Crippen LogP contribution in [0.2, 0.25) is 0 Å². The minimum absolute atomic E-state index is 0.305. The standard InChI is InChI=1S/C15H25N3O2S.C11H22N2O2.C4H3NOS/c1-15(2,3)20-14(19)16-8-12-4-6-18(7-5-12)9-13-10-21-11-17-13;1-11(2,3)15-10(14)13-8-9-4-6-12-7-5-9;6-1-4-2-7-3-5-4/h10-12H,4-9H2,1-3H3,(H,16,19);9,12H,4-8H2,1-3H3,(H,13,14);1-3H. The van der Waals surface area contributed by atoms with Gasteiger partial charge in [0.05, 0.1) is 16.7 Å². The molecule has 0 atom stereocenters. The summed E-state index contributed by atoms with van der Waals surface area (Å²) in [6.45, 7) is 17.9. The molecule has 2 fully saturated rings. The Bertz CT molecular complexity index is 1040. The lowest BCUT2D eigenvalue weighted by Gasteiger charge is -2.31. The second kappa shape index (κ2) is 18.9. The van der Waals surface area contributed by atoms with Crippen LogP contribution in [0.5, 0.6) is 0 Å². The molecule has 13 heteroatoms. The second-order valence-electron chi connectivity index (χ2n) is 12.7. The Labute approximate surface area is 264 Å². The molecule has 4 heterocycles. The lowest BCUT2D eigenvalue weighted by atomic mass is 9.97. The van der Waals surface area contributed by atoms with Gasteiger partial charge in [-0.3, -0.25) is 9.69 Å². The van der Waals surface area contributed by atoms with E-state index in [0.717, 1.165) is 76.9 Å². The number of carbonyl (C=O) groups is 3. The van der Waals surface area contributed by atoms with Crippen LogP contribution in [0, 0.1) is 11.8 Å². The maximum absolute atomic E-state index is 11.6. The molecule has 0 bridgehead atoms. The number of piperidine rings is 2. The Morgan fingerprint density at radius 3 is 1.81 bits per heavy atom. The van der Waals surface area contributed by atoms with Crippen molar-refractivity contribution in [3.63, 3.8) is 0 Å². The maximum atomic E-state index is 11.6. The highest BCUT2D eigenvalue weighted by atomic mass is 32.1. The summed E-state index contributed by atoms with van der Waals surface area (Å²) in [6.07, 6.45) is 4.61. The Kier molecular flexibility index (Phi) is 16.1. The molecule has 2 aromatic heterocycles. The van der Waals surface area contributed by atoms with Gasteiger partial charge in [0.1, 0.15) is 16.9 Å². The van der Waals surface area contributed by atoms with Gasteiger partial charge in [0.2, 0.25) is 0 Å². The number of hydrogen-bond acceptors (Lipinski definition) is 11. The number of aromatic nitrogens is 2. The summed E-state index contributed by atoms with van der Waals surface area (Å²) in [4.78, 5) is 43.2. The summed E-state index contributed by atoms with van der Waals surface area (Å²) < 4.78 is 10.4. The minimum atomic E-state index is -0.430. The van der Waals surface area contributed by atoms with Gasteiger partial charge < -0.3 is 25.4 Å². The largest absolute Gasteiger partial charge is 0.444 e. The van der Waals surface area contributed by atoms with Gasteiger partial charge in [0.15, 0.2) is 6.29 Å². The predicted octanol–water partition coefficient (Wildman–Crippen LogP) is 5.35. The number of amides is 2. The van der Waals surface area contributed by atoms with Gasteiger partial charge in [-0.1, -0.05) is 0 Å². The quantitative estimate of drug-likeness (QED) is 0.343. The highest BCUT2D eigenvalue weighted by Gasteiger charge is 2.22. The van der Waals surface area contributed by atoms with Crippen molar-refractivity contribution in [3.05, 3.63) is 33.2 Å². The molecule has 2 aromatic rings. The molecule has 2 aliphatic rings. The van der Waals surface area contributed by atoms with Crippen LogP contribution in [0.25, 0.3) is 0 Å². The van der Waals surface area contributed by atoms with E-state index in [1.54, 1.807) is 22.2 Å². The number of hydrogen-bond donors (Lipinski definition) is 3. The molecular formula is C30H50N6O5S2. The number of nitrogens with zero attached hydrogens (tertiary/aromatic N) is 3. The van der Waals surface area contributed by atoms with Gasteiger partial charge in [0.25, 0.3) is 0 Å². The van der Waals surface area contributed by atoms with Crippen molar-refractivity contribution in [2.24, 2.45) is 11.8 Å². The molecule has 2 aliphatic heterocycles. The number of likely N-dealkylation sites (tertiary alicyclic amines) is 1. The van der Waals surface area contributed by atoms with Crippen LogP contribution in [-0.2, 0) is 16.0 Å². The highest BCUT2D eigenvalue weighted by molar-refractivity contribution is 7.07. The molecule has 2 saturated heterocycles. The SMILES string of the molecule is CC(C)(C)OC(=O)NCC1CCN(Cc2cscn2)CC1.CC(C)(C)OC(=O)NCC1CCNCC1.O=Cc1cscn1. The van der Waals surface area contributed by atoms with Crippen LogP contribution in [-0.4, -0.2) is 83.8 Å². The zero-order valence-corrected chi connectivity index (χ0v) is 28.2. The van der Waals surface area contributed by atoms with Gasteiger partial charge >= 0.3 is 12.2 Å². The monoisotopic (exact) mass is 638 g/mol. The first-order valence-electron chi connectivity index (χ1n) is 14.9. The first-order chi connectivity index (χ1) is 20.3. The number of nitrogens with one attached hydrogen (secondary N) is 3. The van der Waals surface area contributed by atoms with Crippen LogP contribution in [0.15, 0.2) is 21.8 Å². The fraction of sp³-hybridized carbons (Fsp3) is 0.700. The molecule has 0 radical (unpaired) electrons. The van der Waals surface area contributed by atoms with E-state index in [-0.39, 0.29) is 12.2 Å². The van der Waals surface area contributed by atoms with E-state index in [9.17, 15) is 14.4 Å². The highest BCUT2D eigenvalue weighted by Crippen LogP contribution is 2.19. The molecule has 43 heavy (non-hydrogen) atoms. The molecule has 0 unspecified atom stereocenters. The van der Waals surface area contributed by atoms with E-state index in [4.69, 9.17) is 9.47 Å².